The number of sulfone groups is 1. The lowest BCUT2D eigenvalue weighted by Gasteiger charge is -2.18. The Balaban J connectivity index is 1.99. The average molecular weight is 364 g/mol. The molecule has 0 aliphatic carbocycles. The molecular weight excluding hydrogens is 344 g/mol. The van der Waals surface area contributed by atoms with Crippen LogP contribution in [-0.4, -0.2) is 14.2 Å². The summed E-state index contributed by atoms with van der Waals surface area (Å²) in [5.41, 5.74) is 2.20. The molecule has 3 aromatic carbocycles. The first-order chi connectivity index (χ1) is 12.5. The van der Waals surface area contributed by atoms with Gasteiger partial charge in [-0.2, -0.15) is 0 Å². The maximum absolute atomic E-state index is 13.2. The Hall–Kier alpha value is -2.72. The summed E-state index contributed by atoms with van der Waals surface area (Å²) in [7, 11) is -3.69. The van der Waals surface area contributed by atoms with Crippen LogP contribution >= 0.6 is 0 Å². The standard InChI is InChI=1S/C22H20O3S/c1-17-12-14-18(15-13-17)21(23)16-22(19-8-4-2-5-9-19)26(24,25)20-10-6-3-7-11-20/h2-15,22H,16H2,1H3/t22-/m1/s1. The number of carbonyl (C=O) groups excluding carboxylic acids is 1. The minimum absolute atomic E-state index is 0.0930. The Kier molecular flexibility index (Phi) is 5.33. The highest BCUT2D eigenvalue weighted by atomic mass is 32.2. The van der Waals surface area contributed by atoms with E-state index in [-0.39, 0.29) is 17.1 Å². The summed E-state index contributed by atoms with van der Waals surface area (Å²) in [4.78, 5) is 13.0. The Morgan fingerprint density at radius 2 is 1.35 bits per heavy atom. The molecule has 0 radical (unpaired) electrons. The van der Waals surface area contributed by atoms with Gasteiger partial charge < -0.3 is 0 Å². The van der Waals surface area contributed by atoms with Crippen LogP contribution in [0.4, 0.5) is 0 Å². The number of carbonyl (C=O) groups is 1. The van der Waals surface area contributed by atoms with Gasteiger partial charge in [-0.15, -0.1) is 0 Å². The van der Waals surface area contributed by atoms with Gasteiger partial charge in [-0.25, -0.2) is 8.42 Å². The van der Waals surface area contributed by atoms with E-state index in [1.807, 2.05) is 25.1 Å². The van der Waals surface area contributed by atoms with Gasteiger partial charge in [0.1, 0.15) is 0 Å². The molecule has 132 valence electrons. The highest BCUT2D eigenvalue weighted by Crippen LogP contribution is 2.32. The van der Waals surface area contributed by atoms with E-state index in [4.69, 9.17) is 0 Å². The number of hydrogen-bond donors (Lipinski definition) is 0. The zero-order valence-corrected chi connectivity index (χ0v) is 15.3. The highest BCUT2D eigenvalue weighted by molar-refractivity contribution is 7.91. The maximum Gasteiger partial charge on any atom is 0.185 e. The van der Waals surface area contributed by atoms with Crippen LogP contribution in [0.3, 0.4) is 0 Å². The fraction of sp³-hybridized carbons (Fsp3) is 0.136. The van der Waals surface area contributed by atoms with Crippen LogP contribution in [0.5, 0.6) is 0 Å². The second kappa shape index (κ2) is 7.67. The number of Topliss-reactive ketones (excluding diaryl/α,β-unsaturated/α-hetero) is 1. The van der Waals surface area contributed by atoms with Crippen LogP contribution in [0.15, 0.2) is 89.8 Å². The lowest BCUT2D eigenvalue weighted by Crippen LogP contribution is -2.18. The molecule has 0 aliphatic rings. The van der Waals surface area contributed by atoms with E-state index < -0.39 is 15.1 Å². The molecule has 3 rings (SSSR count). The molecule has 0 spiro atoms. The molecule has 3 aromatic rings. The average Bonchev–Trinajstić information content (AvgIpc) is 2.67. The van der Waals surface area contributed by atoms with Crippen molar-refractivity contribution in [2.75, 3.05) is 0 Å². The first-order valence-corrected chi connectivity index (χ1v) is 9.97. The molecule has 0 saturated carbocycles. The monoisotopic (exact) mass is 364 g/mol. The summed E-state index contributed by atoms with van der Waals surface area (Å²) in [6, 6.07) is 24.4. The number of hydrogen-bond acceptors (Lipinski definition) is 3. The smallest absolute Gasteiger partial charge is 0.185 e. The summed E-state index contributed by atoms with van der Waals surface area (Å²) >= 11 is 0. The summed E-state index contributed by atoms with van der Waals surface area (Å²) in [5.74, 6) is -0.182. The minimum Gasteiger partial charge on any atom is -0.294 e. The lowest BCUT2D eigenvalue weighted by molar-refractivity contribution is 0.0980. The van der Waals surface area contributed by atoms with E-state index in [1.165, 1.54) is 0 Å². The molecule has 0 fully saturated rings. The van der Waals surface area contributed by atoms with Crippen molar-refractivity contribution in [3.8, 4) is 0 Å². The van der Waals surface area contributed by atoms with Gasteiger partial charge >= 0.3 is 0 Å². The minimum atomic E-state index is -3.69. The predicted molar refractivity (Wildman–Crippen MR) is 103 cm³/mol. The number of aryl methyl sites for hydroxylation is 1. The molecule has 3 nitrogen and oxygen atoms in total. The number of ketones is 1. The highest BCUT2D eigenvalue weighted by Gasteiger charge is 2.31. The fourth-order valence-corrected chi connectivity index (χ4v) is 4.63. The van der Waals surface area contributed by atoms with Gasteiger partial charge in [-0.05, 0) is 24.6 Å². The third kappa shape index (κ3) is 3.92. The van der Waals surface area contributed by atoms with E-state index in [1.54, 1.807) is 66.7 Å². The fourth-order valence-electron chi connectivity index (χ4n) is 2.87. The number of benzene rings is 3. The van der Waals surface area contributed by atoms with Crippen LogP contribution in [0, 0.1) is 6.92 Å². The summed E-state index contributed by atoms with van der Waals surface area (Å²) in [6.07, 6.45) is -0.0930. The Morgan fingerprint density at radius 1 is 0.808 bits per heavy atom. The first-order valence-electron chi connectivity index (χ1n) is 8.42. The topological polar surface area (TPSA) is 51.2 Å². The van der Waals surface area contributed by atoms with E-state index in [0.717, 1.165) is 5.56 Å². The third-order valence-corrected chi connectivity index (χ3v) is 6.48. The van der Waals surface area contributed by atoms with Crippen LogP contribution < -0.4 is 0 Å². The zero-order valence-electron chi connectivity index (χ0n) is 14.5. The molecule has 1 atom stereocenters. The van der Waals surface area contributed by atoms with Crippen molar-refractivity contribution < 1.29 is 13.2 Å². The maximum atomic E-state index is 13.2. The van der Waals surface area contributed by atoms with Crippen molar-refractivity contribution in [2.45, 2.75) is 23.5 Å². The van der Waals surface area contributed by atoms with Gasteiger partial charge in [0.25, 0.3) is 0 Å². The molecule has 0 saturated heterocycles. The normalized spacial score (nSPS) is 12.5. The van der Waals surface area contributed by atoms with Gasteiger partial charge in [-0.1, -0.05) is 78.4 Å². The largest absolute Gasteiger partial charge is 0.294 e. The van der Waals surface area contributed by atoms with E-state index >= 15 is 0 Å². The van der Waals surface area contributed by atoms with Crippen LogP contribution in [0.2, 0.25) is 0 Å². The van der Waals surface area contributed by atoms with E-state index in [9.17, 15) is 13.2 Å². The van der Waals surface area contributed by atoms with Crippen molar-refractivity contribution in [2.24, 2.45) is 0 Å². The number of rotatable bonds is 6. The lowest BCUT2D eigenvalue weighted by atomic mass is 10.0. The Labute approximate surface area is 154 Å². The molecule has 0 bridgehead atoms. The molecule has 0 aromatic heterocycles. The van der Waals surface area contributed by atoms with Crippen LogP contribution in [-0.2, 0) is 9.84 Å². The van der Waals surface area contributed by atoms with Crippen molar-refractivity contribution in [3.63, 3.8) is 0 Å². The van der Waals surface area contributed by atoms with Crippen molar-refractivity contribution in [3.05, 3.63) is 102 Å². The summed E-state index contributed by atoms with van der Waals surface area (Å²) in [6.45, 7) is 1.95. The van der Waals surface area contributed by atoms with Crippen LogP contribution in [0.1, 0.15) is 33.2 Å². The van der Waals surface area contributed by atoms with Gasteiger partial charge in [-0.3, -0.25) is 4.79 Å². The zero-order chi connectivity index (χ0) is 18.6. The van der Waals surface area contributed by atoms with Gasteiger partial charge in [0.2, 0.25) is 0 Å². The summed E-state index contributed by atoms with van der Waals surface area (Å²) in [5, 5.41) is -0.917. The second-order valence-electron chi connectivity index (χ2n) is 6.25. The second-order valence-corrected chi connectivity index (χ2v) is 8.38. The third-order valence-electron chi connectivity index (χ3n) is 4.36. The Morgan fingerprint density at radius 3 is 1.92 bits per heavy atom. The molecule has 26 heavy (non-hydrogen) atoms. The van der Waals surface area contributed by atoms with Crippen molar-refractivity contribution >= 4 is 15.6 Å². The summed E-state index contributed by atoms with van der Waals surface area (Å²) < 4.78 is 26.4. The van der Waals surface area contributed by atoms with Gasteiger partial charge in [0.05, 0.1) is 10.1 Å². The Bertz CT molecular complexity index is 977. The predicted octanol–water partition coefficient (Wildman–Crippen LogP) is 4.78. The molecular formula is C22H20O3S. The van der Waals surface area contributed by atoms with E-state index in [0.29, 0.717) is 11.1 Å². The molecule has 0 N–H and O–H groups in total. The molecule has 0 unspecified atom stereocenters. The van der Waals surface area contributed by atoms with Crippen molar-refractivity contribution in [1.82, 2.24) is 0 Å². The van der Waals surface area contributed by atoms with Crippen molar-refractivity contribution in [1.29, 1.82) is 0 Å². The van der Waals surface area contributed by atoms with E-state index in [2.05, 4.69) is 0 Å². The van der Waals surface area contributed by atoms with Gasteiger partial charge in [0, 0.05) is 12.0 Å². The SMILES string of the molecule is Cc1ccc(C(=O)C[C@H](c2ccccc2)S(=O)(=O)c2ccccc2)cc1. The molecule has 0 amide bonds. The van der Waals surface area contributed by atoms with Gasteiger partial charge in [0.15, 0.2) is 15.6 Å². The molecule has 0 heterocycles. The van der Waals surface area contributed by atoms with Crippen LogP contribution in [0.25, 0.3) is 0 Å². The quantitative estimate of drug-likeness (QED) is 0.591. The molecule has 4 heteroatoms. The first kappa shape index (κ1) is 18.1. The molecule has 0 aliphatic heterocycles.